The molecule has 0 amide bonds. The zero-order chi connectivity index (χ0) is 24.1. The van der Waals surface area contributed by atoms with E-state index < -0.39 is 12.1 Å². The molecule has 1 spiro atoms. The van der Waals surface area contributed by atoms with E-state index in [2.05, 4.69) is 52.9 Å². The highest BCUT2D eigenvalue weighted by Crippen LogP contribution is 2.38. The number of carboxylic acid groups (broad SMARTS) is 1. The predicted molar refractivity (Wildman–Crippen MR) is 120 cm³/mol. The van der Waals surface area contributed by atoms with Gasteiger partial charge in [0.2, 0.25) is 0 Å². The second-order valence-electron chi connectivity index (χ2n) is 9.44. The third-order valence-corrected chi connectivity index (χ3v) is 7.09. The van der Waals surface area contributed by atoms with E-state index in [-0.39, 0.29) is 5.60 Å². The number of piperazine rings is 1. The van der Waals surface area contributed by atoms with Gasteiger partial charge in [-0.2, -0.15) is 13.2 Å². The number of nitrogens with zero attached hydrogens (tertiary/aromatic N) is 3. The van der Waals surface area contributed by atoms with Crippen LogP contribution in [0.15, 0.2) is 24.3 Å². The predicted octanol–water partition coefficient (Wildman–Crippen LogP) is 3.25. The number of hydrogen-bond donors (Lipinski definition) is 1. The van der Waals surface area contributed by atoms with Crippen molar-refractivity contribution in [1.82, 2.24) is 14.7 Å². The van der Waals surface area contributed by atoms with Gasteiger partial charge in [0.15, 0.2) is 0 Å². The fraction of sp³-hybridized carbons (Fsp3) is 0.708. The monoisotopic (exact) mass is 471 g/mol. The van der Waals surface area contributed by atoms with Gasteiger partial charge in [0.1, 0.15) is 0 Å². The molecular formula is C24H36F3N3O3. The summed E-state index contributed by atoms with van der Waals surface area (Å²) >= 11 is 0. The largest absolute Gasteiger partial charge is 0.490 e. The molecule has 3 heterocycles. The molecule has 1 unspecified atom stereocenters. The van der Waals surface area contributed by atoms with Crippen molar-refractivity contribution in [3.05, 3.63) is 35.4 Å². The number of halogens is 3. The minimum Gasteiger partial charge on any atom is -0.475 e. The maximum atomic E-state index is 10.6. The van der Waals surface area contributed by atoms with Gasteiger partial charge in [0.25, 0.3) is 0 Å². The number of aliphatic carboxylic acids is 1. The van der Waals surface area contributed by atoms with Gasteiger partial charge in [-0.1, -0.05) is 31.2 Å². The summed E-state index contributed by atoms with van der Waals surface area (Å²) in [5.74, 6) is -2.76. The van der Waals surface area contributed by atoms with Crippen molar-refractivity contribution in [2.75, 3.05) is 52.9 Å². The first-order valence-corrected chi connectivity index (χ1v) is 11.8. The molecule has 1 atom stereocenters. The van der Waals surface area contributed by atoms with Gasteiger partial charge in [-0.05, 0) is 43.9 Å². The van der Waals surface area contributed by atoms with Crippen LogP contribution in [0.1, 0.15) is 37.3 Å². The maximum absolute atomic E-state index is 10.6. The maximum Gasteiger partial charge on any atom is 0.490 e. The van der Waals surface area contributed by atoms with Gasteiger partial charge in [-0.15, -0.1) is 0 Å². The summed E-state index contributed by atoms with van der Waals surface area (Å²) in [7, 11) is 2.23. The second-order valence-corrected chi connectivity index (χ2v) is 9.44. The number of aryl methyl sites for hydroxylation is 1. The molecule has 186 valence electrons. The molecule has 33 heavy (non-hydrogen) atoms. The quantitative estimate of drug-likeness (QED) is 0.728. The number of piperidine rings is 1. The Kier molecular flexibility index (Phi) is 8.77. The van der Waals surface area contributed by atoms with Crippen molar-refractivity contribution in [3.8, 4) is 0 Å². The van der Waals surface area contributed by atoms with Crippen LogP contribution in [0, 0.1) is 0 Å². The van der Waals surface area contributed by atoms with Crippen LogP contribution in [0.4, 0.5) is 13.2 Å². The van der Waals surface area contributed by atoms with Gasteiger partial charge in [-0.25, -0.2) is 4.79 Å². The highest BCUT2D eigenvalue weighted by molar-refractivity contribution is 5.73. The SMILES string of the molecule is CCc1ccc(CN2CCC3(CC2)CC(N2CCN(C)CC2)CO3)cc1.O=C(O)C(F)(F)F. The van der Waals surface area contributed by atoms with E-state index in [4.69, 9.17) is 14.6 Å². The van der Waals surface area contributed by atoms with Gasteiger partial charge in [0.05, 0.1) is 12.2 Å². The molecule has 3 saturated heterocycles. The smallest absolute Gasteiger partial charge is 0.475 e. The molecule has 6 nitrogen and oxygen atoms in total. The van der Waals surface area contributed by atoms with Crippen LogP contribution in [0.5, 0.6) is 0 Å². The molecule has 4 rings (SSSR count). The van der Waals surface area contributed by atoms with Crippen LogP contribution in [0.2, 0.25) is 0 Å². The summed E-state index contributed by atoms with van der Waals surface area (Å²) in [6.45, 7) is 11.4. The molecule has 9 heteroatoms. The summed E-state index contributed by atoms with van der Waals surface area (Å²) in [5.41, 5.74) is 3.04. The lowest BCUT2D eigenvalue weighted by Gasteiger charge is -2.40. The highest BCUT2D eigenvalue weighted by atomic mass is 19.4. The molecular weight excluding hydrogens is 435 g/mol. The van der Waals surface area contributed by atoms with Crippen molar-refractivity contribution in [1.29, 1.82) is 0 Å². The van der Waals surface area contributed by atoms with Gasteiger partial charge >= 0.3 is 12.1 Å². The lowest BCUT2D eigenvalue weighted by molar-refractivity contribution is -0.192. The minimum absolute atomic E-state index is 0.163. The Morgan fingerprint density at radius 2 is 1.61 bits per heavy atom. The van der Waals surface area contributed by atoms with Gasteiger partial charge < -0.3 is 14.7 Å². The van der Waals surface area contributed by atoms with Crippen molar-refractivity contribution in [3.63, 3.8) is 0 Å². The molecule has 1 aromatic carbocycles. The molecule has 3 aliphatic rings. The Hall–Kier alpha value is -1.68. The molecule has 0 saturated carbocycles. The van der Waals surface area contributed by atoms with Crippen LogP contribution >= 0.6 is 0 Å². The summed E-state index contributed by atoms with van der Waals surface area (Å²) < 4.78 is 38.2. The molecule has 1 N–H and O–H groups in total. The van der Waals surface area contributed by atoms with E-state index in [9.17, 15) is 13.2 Å². The number of carboxylic acids is 1. The number of hydrogen-bond acceptors (Lipinski definition) is 5. The first-order valence-electron chi connectivity index (χ1n) is 11.8. The zero-order valence-electron chi connectivity index (χ0n) is 19.6. The van der Waals surface area contributed by atoms with E-state index >= 15 is 0 Å². The lowest BCUT2D eigenvalue weighted by atomic mass is 9.87. The van der Waals surface area contributed by atoms with Crippen molar-refractivity contribution < 1.29 is 27.8 Å². The Morgan fingerprint density at radius 3 is 2.12 bits per heavy atom. The molecule has 0 bridgehead atoms. The van der Waals surface area contributed by atoms with Crippen LogP contribution < -0.4 is 0 Å². The van der Waals surface area contributed by atoms with Crippen molar-refractivity contribution in [2.45, 2.75) is 57.0 Å². The second kappa shape index (κ2) is 11.2. The van der Waals surface area contributed by atoms with Gasteiger partial charge in [0, 0.05) is 51.9 Å². The molecule has 1 aromatic rings. The van der Waals surface area contributed by atoms with E-state index in [0.29, 0.717) is 6.04 Å². The number of carbonyl (C=O) groups is 1. The molecule has 0 aromatic heterocycles. The molecule has 0 radical (unpaired) electrons. The normalized spacial score (nSPS) is 24.5. The Morgan fingerprint density at radius 1 is 1.06 bits per heavy atom. The van der Waals surface area contributed by atoms with Gasteiger partial charge in [-0.3, -0.25) is 9.80 Å². The summed E-state index contributed by atoms with van der Waals surface area (Å²) in [5, 5.41) is 7.12. The van der Waals surface area contributed by atoms with E-state index in [1.165, 1.54) is 69.7 Å². The zero-order valence-corrected chi connectivity index (χ0v) is 19.6. The summed E-state index contributed by atoms with van der Waals surface area (Å²) in [6.07, 6.45) is -0.317. The summed E-state index contributed by atoms with van der Waals surface area (Å²) in [4.78, 5) is 16.6. The topological polar surface area (TPSA) is 56.2 Å². The van der Waals surface area contributed by atoms with Crippen LogP contribution in [-0.2, 0) is 22.5 Å². The van der Waals surface area contributed by atoms with Crippen LogP contribution in [-0.4, -0.2) is 96.5 Å². The van der Waals surface area contributed by atoms with Crippen molar-refractivity contribution in [2.24, 2.45) is 0 Å². The number of likely N-dealkylation sites (tertiary alicyclic amines) is 1. The summed E-state index contributed by atoms with van der Waals surface area (Å²) in [6, 6.07) is 9.82. The van der Waals surface area contributed by atoms with Crippen LogP contribution in [0.3, 0.4) is 0 Å². The third-order valence-electron chi connectivity index (χ3n) is 7.09. The first kappa shape index (κ1) is 25.9. The molecule has 0 aliphatic carbocycles. The average Bonchev–Trinajstić information content (AvgIpc) is 3.20. The Balaban J connectivity index is 0.000000383. The van der Waals surface area contributed by atoms with Crippen LogP contribution in [0.25, 0.3) is 0 Å². The number of benzene rings is 1. The number of likely N-dealkylation sites (N-methyl/N-ethyl adjacent to an activating group) is 1. The minimum atomic E-state index is -5.08. The fourth-order valence-electron chi connectivity index (χ4n) is 4.85. The van der Waals surface area contributed by atoms with E-state index in [1.807, 2.05) is 0 Å². The molecule has 3 aliphatic heterocycles. The van der Waals surface area contributed by atoms with Crippen molar-refractivity contribution >= 4 is 5.97 Å². The number of rotatable bonds is 4. The number of alkyl halides is 3. The first-order chi connectivity index (χ1) is 15.6. The lowest BCUT2D eigenvalue weighted by Crippen LogP contribution is -2.50. The van der Waals surface area contributed by atoms with E-state index in [1.54, 1.807) is 0 Å². The Labute approximate surface area is 194 Å². The number of ether oxygens (including phenoxy) is 1. The Bertz CT molecular complexity index is 756. The van der Waals surface area contributed by atoms with E-state index in [0.717, 1.165) is 19.6 Å². The third kappa shape index (κ3) is 7.40. The standard InChI is InChI=1S/C22H35N3O.C2HF3O2/c1-3-19-4-6-20(7-5-19)17-24-10-8-22(9-11-24)16-21(18-26-22)25-14-12-23(2)13-15-25;3-2(4,5)1(6)7/h4-7,21H,3,8-18H2,1-2H3;(H,6,7). The molecule has 3 fully saturated rings. The fourth-order valence-corrected chi connectivity index (χ4v) is 4.85. The highest BCUT2D eigenvalue weighted by Gasteiger charge is 2.44. The average molecular weight is 472 g/mol.